The Morgan fingerprint density at radius 2 is 1.90 bits per heavy atom. The molecule has 1 aliphatic rings. The number of nitrogens with one attached hydrogen (secondary N) is 1. The zero-order chi connectivity index (χ0) is 20.4. The number of hydrogen-bond acceptors (Lipinski definition) is 6. The molecule has 2 aromatic heterocycles. The van der Waals surface area contributed by atoms with E-state index in [4.69, 9.17) is 13.6 Å². The van der Waals surface area contributed by atoms with E-state index in [1.807, 2.05) is 6.07 Å². The Bertz CT molecular complexity index is 1090. The maximum atomic E-state index is 12.6. The fourth-order valence-corrected chi connectivity index (χ4v) is 3.42. The Kier molecular flexibility index (Phi) is 5.03. The smallest absolute Gasteiger partial charge is 0.379 e. The number of carbonyl (C=O) groups excluding carboxylic acids is 2. The number of amides is 1. The van der Waals surface area contributed by atoms with E-state index in [9.17, 15) is 9.59 Å². The van der Waals surface area contributed by atoms with Gasteiger partial charge in [-0.15, -0.1) is 0 Å². The van der Waals surface area contributed by atoms with E-state index in [2.05, 4.69) is 10.5 Å². The van der Waals surface area contributed by atoms with Gasteiger partial charge in [-0.2, -0.15) is 5.10 Å². The van der Waals surface area contributed by atoms with Gasteiger partial charge >= 0.3 is 5.97 Å². The molecule has 148 valence electrons. The first-order chi connectivity index (χ1) is 14.0. The molecule has 1 N–H and O–H groups in total. The quantitative estimate of drug-likeness (QED) is 0.408. The van der Waals surface area contributed by atoms with Crippen molar-refractivity contribution in [3.63, 3.8) is 0 Å². The van der Waals surface area contributed by atoms with E-state index in [0.29, 0.717) is 47.0 Å². The predicted octanol–water partition coefficient (Wildman–Crippen LogP) is 4.18. The number of nitrogens with zero attached hydrogens (tertiary/aromatic N) is 1. The third-order valence-corrected chi connectivity index (χ3v) is 4.86. The SMILES string of the molecule is Cc1occc1C(=O)N/N=C1\CCCc2oc(C(=O)Oc3ccccc3)c(C)c21. The minimum Gasteiger partial charge on any atom is -0.469 e. The lowest BCUT2D eigenvalue weighted by Gasteiger charge is -2.13. The fraction of sp³-hybridized carbons (Fsp3) is 0.227. The van der Waals surface area contributed by atoms with Gasteiger partial charge in [0.05, 0.1) is 17.5 Å². The van der Waals surface area contributed by atoms with Crippen molar-refractivity contribution < 1.29 is 23.2 Å². The van der Waals surface area contributed by atoms with Crippen LogP contribution in [0.3, 0.4) is 0 Å². The van der Waals surface area contributed by atoms with Crippen LogP contribution in [0.15, 0.2) is 56.6 Å². The first-order valence-electron chi connectivity index (χ1n) is 9.35. The highest BCUT2D eigenvalue weighted by molar-refractivity contribution is 6.06. The molecular weight excluding hydrogens is 372 g/mol. The molecule has 2 heterocycles. The van der Waals surface area contributed by atoms with Crippen molar-refractivity contribution in [2.24, 2.45) is 5.10 Å². The van der Waals surface area contributed by atoms with Crippen LogP contribution in [0, 0.1) is 13.8 Å². The third kappa shape index (κ3) is 3.71. The van der Waals surface area contributed by atoms with Crippen molar-refractivity contribution in [2.45, 2.75) is 33.1 Å². The fourth-order valence-electron chi connectivity index (χ4n) is 3.42. The van der Waals surface area contributed by atoms with Crippen molar-refractivity contribution in [1.29, 1.82) is 0 Å². The number of esters is 1. The molecule has 0 aliphatic heterocycles. The second kappa shape index (κ2) is 7.79. The summed E-state index contributed by atoms with van der Waals surface area (Å²) < 4.78 is 16.4. The molecule has 7 heteroatoms. The third-order valence-electron chi connectivity index (χ3n) is 4.86. The van der Waals surface area contributed by atoms with E-state index in [1.54, 1.807) is 44.2 Å². The van der Waals surface area contributed by atoms with Crippen molar-refractivity contribution in [1.82, 2.24) is 5.43 Å². The van der Waals surface area contributed by atoms with Gasteiger partial charge in [-0.25, -0.2) is 10.2 Å². The Morgan fingerprint density at radius 1 is 1.10 bits per heavy atom. The summed E-state index contributed by atoms with van der Waals surface area (Å²) >= 11 is 0. The number of ether oxygens (including phenoxy) is 1. The number of aryl methyl sites for hydroxylation is 2. The molecule has 0 fully saturated rings. The number of rotatable bonds is 4. The lowest BCUT2D eigenvalue weighted by molar-refractivity contribution is 0.0698. The number of hydrazone groups is 1. The van der Waals surface area contributed by atoms with Crippen LogP contribution in [0.25, 0.3) is 0 Å². The molecule has 4 rings (SSSR count). The first kappa shape index (κ1) is 18.7. The summed E-state index contributed by atoms with van der Waals surface area (Å²) in [5.41, 5.74) is 5.11. The minimum atomic E-state index is -0.555. The van der Waals surface area contributed by atoms with Crippen LogP contribution in [0.2, 0.25) is 0 Å². The number of benzene rings is 1. The van der Waals surface area contributed by atoms with E-state index in [0.717, 1.165) is 12.0 Å². The van der Waals surface area contributed by atoms with Gasteiger partial charge in [0.25, 0.3) is 5.91 Å². The van der Waals surface area contributed by atoms with E-state index >= 15 is 0 Å². The van der Waals surface area contributed by atoms with Crippen LogP contribution in [0.1, 0.15) is 56.4 Å². The molecule has 0 unspecified atom stereocenters. The van der Waals surface area contributed by atoms with Crippen LogP contribution >= 0.6 is 0 Å². The molecule has 0 saturated carbocycles. The highest BCUT2D eigenvalue weighted by atomic mass is 16.5. The lowest BCUT2D eigenvalue weighted by atomic mass is 9.93. The van der Waals surface area contributed by atoms with E-state index in [-0.39, 0.29) is 11.7 Å². The lowest BCUT2D eigenvalue weighted by Crippen LogP contribution is -2.22. The van der Waals surface area contributed by atoms with Gasteiger partial charge in [0.2, 0.25) is 5.76 Å². The molecule has 0 spiro atoms. The monoisotopic (exact) mass is 392 g/mol. The van der Waals surface area contributed by atoms with Crippen LogP contribution in [-0.4, -0.2) is 17.6 Å². The van der Waals surface area contributed by atoms with Gasteiger partial charge < -0.3 is 13.6 Å². The average Bonchev–Trinajstić information content (AvgIpc) is 3.30. The predicted molar refractivity (Wildman–Crippen MR) is 105 cm³/mol. The van der Waals surface area contributed by atoms with Crippen molar-refractivity contribution in [3.05, 3.63) is 76.6 Å². The molecule has 0 bridgehead atoms. The molecule has 0 saturated heterocycles. The number of furan rings is 2. The molecule has 29 heavy (non-hydrogen) atoms. The molecule has 0 radical (unpaired) electrons. The highest BCUT2D eigenvalue weighted by Gasteiger charge is 2.29. The maximum Gasteiger partial charge on any atom is 0.379 e. The number of fused-ring (bicyclic) bond motifs is 1. The highest BCUT2D eigenvalue weighted by Crippen LogP contribution is 2.30. The summed E-state index contributed by atoms with van der Waals surface area (Å²) in [5, 5.41) is 4.30. The second-order valence-corrected chi connectivity index (χ2v) is 6.80. The number of para-hydroxylation sites is 1. The average molecular weight is 392 g/mol. The van der Waals surface area contributed by atoms with E-state index in [1.165, 1.54) is 6.26 Å². The standard InChI is InChI=1S/C22H20N2O5/c1-13-19-17(23-24-21(25)16-11-12-27-14(16)2)9-6-10-18(19)29-20(13)22(26)28-15-7-4-3-5-8-15/h3-5,7-8,11-12H,6,9-10H2,1-2H3,(H,24,25)/b23-17+. The van der Waals surface area contributed by atoms with Crippen molar-refractivity contribution >= 4 is 17.6 Å². The van der Waals surface area contributed by atoms with Crippen LogP contribution in [0.5, 0.6) is 5.75 Å². The van der Waals surface area contributed by atoms with Crippen molar-refractivity contribution in [3.8, 4) is 5.75 Å². The molecule has 3 aromatic rings. The van der Waals surface area contributed by atoms with Gasteiger partial charge in [-0.3, -0.25) is 4.79 Å². The van der Waals surface area contributed by atoms with Gasteiger partial charge in [-0.05, 0) is 44.9 Å². The molecule has 7 nitrogen and oxygen atoms in total. The zero-order valence-electron chi connectivity index (χ0n) is 16.2. The van der Waals surface area contributed by atoms with Crippen LogP contribution < -0.4 is 10.2 Å². The summed E-state index contributed by atoms with van der Waals surface area (Å²) in [6.07, 6.45) is 3.64. The Balaban J connectivity index is 1.58. The summed E-state index contributed by atoms with van der Waals surface area (Å²) in [7, 11) is 0. The largest absolute Gasteiger partial charge is 0.469 e. The Morgan fingerprint density at radius 3 is 2.62 bits per heavy atom. The molecular formula is C22H20N2O5. The molecule has 1 aliphatic carbocycles. The minimum absolute atomic E-state index is 0.158. The first-order valence-corrected chi connectivity index (χ1v) is 9.35. The Hall–Kier alpha value is -3.61. The normalized spacial score (nSPS) is 14.5. The number of carbonyl (C=O) groups is 2. The second-order valence-electron chi connectivity index (χ2n) is 6.80. The summed E-state index contributed by atoms with van der Waals surface area (Å²) in [5.74, 6) is 0.910. The van der Waals surface area contributed by atoms with Gasteiger partial charge in [0, 0.05) is 17.5 Å². The summed E-state index contributed by atoms with van der Waals surface area (Å²) in [6.45, 7) is 3.51. The van der Waals surface area contributed by atoms with Gasteiger partial charge in [-0.1, -0.05) is 18.2 Å². The van der Waals surface area contributed by atoms with E-state index < -0.39 is 5.97 Å². The zero-order valence-corrected chi connectivity index (χ0v) is 16.2. The van der Waals surface area contributed by atoms with Gasteiger partial charge in [0.15, 0.2) is 0 Å². The van der Waals surface area contributed by atoms with Crippen LogP contribution in [-0.2, 0) is 6.42 Å². The van der Waals surface area contributed by atoms with Crippen molar-refractivity contribution in [2.75, 3.05) is 0 Å². The topological polar surface area (TPSA) is 94.0 Å². The Labute approximate surface area is 167 Å². The molecule has 1 amide bonds. The summed E-state index contributed by atoms with van der Waals surface area (Å²) in [6, 6.07) is 10.4. The molecule has 0 atom stereocenters. The molecule has 1 aromatic carbocycles. The maximum absolute atomic E-state index is 12.6. The van der Waals surface area contributed by atoms with Gasteiger partial charge in [0.1, 0.15) is 17.3 Å². The summed E-state index contributed by atoms with van der Waals surface area (Å²) in [4.78, 5) is 24.9. The number of hydrogen-bond donors (Lipinski definition) is 1. The van der Waals surface area contributed by atoms with Crippen LogP contribution in [0.4, 0.5) is 0 Å².